The monoisotopic (exact) mass is 134 g/mol. The number of hydrogen-bond donors (Lipinski definition) is 1. The molecule has 0 spiro atoms. The van der Waals surface area contributed by atoms with E-state index in [4.69, 9.17) is 5.84 Å². The molecule has 1 rings (SSSR count). The fourth-order valence-corrected chi connectivity index (χ4v) is 0.772. The SMILES string of the molecule is N/N=C\Cc1ccccc1. The third-order valence-electron chi connectivity index (χ3n) is 1.28. The Bertz CT molecular complexity index is 204. The molecule has 0 fully saturated rings. The lowest BCUT2D eigenvalue weighted by atomic mass is 10.2. The maximum Gasteiger partial charge on any atom is 0.0284 e. The summed E-state index contributed by atoms with van der Waals surface area (Å²) in [6.07, 6.45) is 2.51. The van der Waals surface area contributed by atoms with Gasteiger partial charge in [0.2, 0.25) is 0 Å². The van der Waals surface area contributed by atoms with E-state index in [1.54, 1.807) is 6.21 Å². The van der Waals surface area contributed by atoms with Gasteiger partial charge in [-0.25, -0.2) is 0 Å². The van der Waals surface area contributed by atoms with E-state index < -0.39 is 0 Å². The van der Waals surface area contributed by atoms with Gasteiger partial charge in [0.05, 0.1) is 0 Å². The first-order valence-electron chi connectivity index (χ1n) is 3.19. The zero-order valence-corrected chi connectivity index (χ0v) is 5.70. The zero-order chi connectivity index (χ0) is 7.23. The highest BCUT2D eigenvalue weighted by molar-refractivity contribution is 5.60. The van der Waals surface area contributed by atoms with Crippen LogP contribution >= 0.6 is 0 Å². The first kappa shape index (κ1) is 6.81. The van der Waals surface area contributed by atoms with Crippen molar-refractivity contribution < 1.29 is 0 Å². The van der Waals surface area contributed by atoms with Gasteiger partial charge in [-0.1, -0.05) is 30.3 Å². The molecule has 0 bridgehead atoms. The Kier molecular flexibility index (Phi) is 2.49. The first-order chi connectivity index (χ1) is 4.93. The second-order valence-corrected chi connectivity index (χ2v) is 2.02. The van der Waals surface area contributed by atoms with Crippen LogP contribution in [0.5, 0.6) is 0 Å². The molecule has 0 aliphatic heterocycles. The molecule has 0 aromatic heterocycles. The van der Waals surface area contributed by atoms with Gasteiger partial charge in [0.25, 0.3) is 0 Å². The van der Waals surface area contributed by atoms with Gasteiger partial charge in [-0.15, -0.1) is 0 Å². The maximum absolute atomic E-state index is 4.95. The molecule has 0 radical (unpaired) electrons. The summed E-state index contributed by atoms with van der Waals surface area (Å²) in [5, 5.41) is 3.41. The normalized spacial score (nSPS) is 10.4. The Morgan fingerprint density at radius 1 is 1.30 bits per heavy atom. The Hall–Kier alpha value is -1.31. The molecule has 0 aliphatic carbocycles. The predicted octanol–water partition coefficient (Wildman–Crippen LogP) is 1.17. The lowest BCUT2D eigenvalue weighted by molar-refractivity contribution is 1.23. The second-order valence-electron chi connectivity index (χ2n) is 2.02. The number of nitrogens with two attached hydrogens (primary N) is 1. The fraction of sp³-hybridized carbons (Fsp3) is 0.125. The van der Waals surface area contributed by atoms with Gasteiger partial charge >= 0.3 is 0 Å². The van der Waals surface area contributed by atoms with E-state index in [1.807, 2.05) is 30.3 Å². The van der Waals surface area contributed by atoms with Crippen molar-refractivity contribution in [2.45, 2.75) is 6.42 Å². The molecule has 0 heterocycles. The van der Waals surface area contributed by atoms with Crippen LogP contribution in [0.2, 0.25) is 0 Å². The van der Waals surface area contributed by atoms with Crippen LogP contribution in [0, 0.1) is 0 Å². The van der Waals surface area contributed by atoms with E-state index >= 15 is 0 Å². The van der Waals surface area contributed by atoms with Crippen molar-refractivity contribution in [2.24, 2.45) is 10.9 Å². The maximum atomic E-state index is 4.95. The van der Waals surface area contributed by atoms with Crippen LogP contribution in [0.1, 0.15) is 5.56 Å². The van der Waals surface area contributed by atoms with E-state index in [1.165, 1.54) is 5.56 Å². The average Bonchev–Trinajstić information content (AvgIpc) is 2.03. The number of benzene rings is 1. The molecule has 0 saturated heterocycles. The number of hydrazone groups is 1. The number of rotatable bonds is 2. The number of hydrogen-bond acceptors (Lipinski definition) is 2. The van der Waals surface area contributed by atoms with Crippen molar-refractivity contribution in [1.82, 2.24) is 0 Å². The van der Waals surface area contributed by atoms with Crippen molar-refractivity contribution >= 4 is 6.21 Å². The summed E-state index contributed by atoms with van der Waals surface area (Å²) in [6.45, 7) is 0. The molecule has 2 heteroatoms. The summed E-state index contributed by atoms with van der Waals surface area (Å²) in [7, 11) is 0. The summed E-state index contributed by atoms with van der Waals surface area (Å²) in [5.41, 5.74) is 1.23. The summed E-state index contributed by atoms with van der Waals surface area (Å²) in [5.74, 6) is 4.95. The van der Waals surface area contributed by atoms with E-state index in [-0.39, 0.29) is 0 Å². The Balaban J connectivity index is 2.59. The Morgan fingerprint density at radius 2 is 2.00 bits per heavy atom. The van der Waals surface area contributed by atoms with E-state index in [2.05, 4.69) is 5.10 Å². The minimum absolute atomic E-state index is 0.817. The lowest BCUT2D eigenvalue weighted by Crippen LogP contribution is -1.88. The highest BCUT2D eigenvalue weighted by atomic mass is 15.1. The molecule has 0 saturated carbocycles. The van der Waals surface area contributed by atoms with Crippen molar-refractivity contribution in [2.75, 3.05) is 0 Å². The molecule has 0 atom stereocenters. The van der Waals surface area contributed by atoms with Gasteiger partial charge in [0, 0.05) is 12.6 Å². The topological polar surface area (TPSA) is 38.4 Å². The highest BCUT2D eigenvalue weighted by Gasteiger charge is 1.84. The molecule has 1 aromatic rings. The van der Waals surface area contributed by atoms with Crippen molar-refractivity contribution in [3.63, 3.8) is 0 Å². The summed E-state index contributed by atoms with van der Waals surface area (Å²) < 4.78 is 0. The Morgan fingerprint density at radius 3 is 2.60 bits per heavy atom. The molecule has 0 amide bonds. The van der Waals surface area contributed by atoms with E-state index in [0.29, 0.717) is 0 Å². The number of nitrogens with zero attached hydrogens (tertiary/aromatic N) is 1. The predicted molar refractivity (Wildman–Crippen MR) is 42.8 cm³/mol. The van der Waals surface area contributed by atoms with Crippen molar-refractivity contribution in [1.29, 1.82) is 0 Å². The summed E-state index contributed by atoms with van der Waals surface area (Å²) >= 11 is 0. The molecular weight excluding hydrogens is 124 g/mol. The molecule has 2 nitrogen and oxygen atoms in total. The van der Waals surface area contributed by atoms with Crippen LogP contribution in [-0.2, 0) is 6.42 Å². The van der Waals surface area contributed by atoms with Crippen molar-refractivity contribution in [3.05, 3.63) is 35.9 Å². The summed E-state index contributed by atoms with van der Waals surface area (Å²) in [6, 6.07) is 10.1. The third-order valence-corrected chi connectivity index (χ3v) is 1.28. The average molecular weight is 134 g/mol. The highest BCUT2D eigenvalue weighted by Crippen LogP contribution is 1.96. The molecule has 10 heavy (non-hydrogen) atoms. The molecule has 1 aromatic carbocycles. The van der Waals surface area contributed by atoms with Crippen LogP contribution in [0.4, 0.5) is 0 Å². The lowest BCUT2D eigenvalue weighted by Gasteiger charge is -1.91. The first-order valence-corrected chi connectivity index (χ1v) is 3.19. The van der Waals surface area contributed by atoms with Crippen LogP contribution in [0.3, 0.4) is 0 Å². The van der Waals surface area contributed by atoms with Gasteiger partial charge < -0.3 is 5.84 Å². The Labute approximate surface area is 60.4 Å². The molecule has 52 valence electrons. The largest absolute Gasteiger partial charge is 0.324 e. The third kappa shape index (κ3) is 1.90. The van der Waals surface area contributed by atoms with E-state index in [0.717, 1.165) is 6.42 Å². The summed E-state index contributed by atoms with van der Waals surface area (Å²) in [4.78, 5) is 0. The van der Waals surface area contributed by atoms with Crippen LogP contribution in [0.25, 0.3) is 0 Å². The molecule has 2 N–H and O–H groups in total. The molecule has 0 unspecified atom stereocenters. The van der Waals surface area contributed by atoms with Gasteiger partial charge in [0.1, 0.15) is 0 Å². The standard InChI is InChI=1S/C8H10N2/c9-10-7-6-8-4-2-1-3-5-8/h1-5,7H,6,9H2/b10-7-. The van der Waals surface area contributed by atoms with Gasteiger partial charge in [-0.2, -0.15) is 5.10 Å². The molecule has 0 aliphatic rings. The zero-order valence-electron chi connectivity index (χ0n) is 5.70. The van der Waals surface area contributed by atoms with Crippen LogP contribution in [-0.4, -0.2) is 6.21 Å². The van der Waals surface area contributed by atoms with Gasteiger partial charge in [-0.3, -0.25) is 0 Å². The van der Waals surface area contributed by atoms with Crippen LogP contribution in [0.15, 0.2) is 35.4 Å². The molecular formula is C8H10N2. The fourth-order valence-electron chi connectivity index (χ4n) is 0.772. The second kappa shape index (κ2) is 3.67. The van der Waals surface area contributed by atoms with Gasteiger partial charge in [0.15, 0.2) is 0 Å². The minimum atomic E-state index is 0.817. The van der Waals surface area contributed by atoms with Gasteiger partial charge in [-0.05, 0) is 5.56 Å². The quantitative estimate of drug-likeness (QED) is 0.368. The minimum Gasteiger partial charge on any atom is -0.324 e. The smallest absolute Gasteiger partial charge is 0.0284 e. The van der Waals surface area contributed by atoms with Crippen molar-refractivity contribution in [3.8, 4) is 0 Å². The van der Waals surface area contributed by atoms with E-state index in [9.17, 15) is 0 Å². The van der Waals surface area contributed by atoms with Crippen LogP contribution < -0.4 is 5.84 Å².